The highest BCUT2D eigenvalue weighted by molar-refractivity contribution is 5.75. The quantitative estimate of drug-likeness (QED) is 0.713. The molecule has 0 saturated heterocycles. The molecule has 0 aromatic rings. The third-order valence-electron chi connectivity index (χ3n) is 3.51. The van der Waals surface area contributed by atoms with Crippen LogP contribution in [-0.2, 0) is 24.4 Å². The standard InChI is InChI=1S/C12H13N5O/c1-12(2)3-7-8(4-18-12)15-10-9(7)11-16-14-6-17(11)5-13-10/h5H,3-4,6H2,1-2H3. The first-order valence-electron chi connectivity index (χ1n) is 6.02. The molecule has 0 aliphatic carbocycles. The van der Waals surface area contributed by atoms with Gasteiger partial charge in [0.15, 0.2) is 11.6 Å². The maximum absolute atomic E-state index is 5.79. The summed E-state index contributed by atoms with van der Waals surface area (Å²) in [7, 11) is 0. The number of rotatable bonds is 0. The van der Waals surface area contributed by atoms with Crippen LogP contribution < -0.4 is 0 Å². The van der Waals surface area contributed by atoms with Gasteiger partial charge in [0.2, 0.25) is 0 Å². The van der Waals surface area contributed by atoms with Gasteiger partial charge in [0, 0.05) is 6.42 Å². The average molecular weight is 243 g/mol. The molecular weight excluding hydrogens is 230 g/mol. The van der Waals surface area contributed by atoms with Crippen molar-refractivity contribution in [2.24, 2.45) is 10.2 Å². The van der Waals surface area contributed by atoms with Crippen molar-refractivity contribution in [1.29, 1.82) is 0 Å². The maximum Gasteiger partial charge on any atom is 0.169 e. The van der Waals surface area contributed by atoms with E-state index in [2.05, 4.69) is 34.0 Å². The molecule has 0 amide bonds. The fraction of sp³-hybridized carbons (Fsp3) is 0.500. The first kappa shape index (κ1) is 10.1. The third kappa shape index (κ3) is 1.26. The van der Waals surface area contributed by atoms with E-state index in [0.717, 1.165) is 29.3 Å². The van der Waals surface area contributed by atoms with Crippen LogP contribution in [0.1, 0.15) is 25.1 Å². The van der Waals surface area contributed by atoms with Crippen molar-refractivity contribution < 1.29 is 4.74 Å². The lowest BCUT2D eigenvalue weighted by Gasteiger charge is -2.29. The van der Waals surface area contributed by atoms with Crippen LogP contribution >= 0.6 is 0 Å². The van der Waals surface area contributed by atoms with Gasteiger partial charge in [-0.3, -0.25) is 4.57 Å². The fourth-order valence-corrected chi connectivity index (χ4v) is 2.61. The summed E-state index contributed by atoms with van der Waals surface area (Å²) < 4.78 is 7.74. The number of fused-ring (bicyclic) bond motifs is 5. The van der Waals surface area contributed by atoms with Gasteiger partial charge in [-0.25, -0.2) is 9.97 Å². The van der Waals surface area contributed by atoms with Crippen molar-refractivity contribution in [3.8, 4) is 11.4 Å². The summed E-state index contributed by atoms with van der Waals surface area (Å²) in [6.07, 6.45) is 2.59. The SMILES string of the molecule is CC1(C)Cc2c(nc3ncn4c(c2-3)N=NC4)CO1. The van der Waals surface area contributed by atoms with Crippen molar-refractivity contribution in [2.75, 3.05) is 0 Å². The minimum absolute atomic E-state index is 0.154. The normalized spacial score (nSPS) is 20.1. The largest absolute Gasteiger partial charge is 0.369 e. The second-order valence-electron chi connectivity index (χ2n) is 5.38. The highest BCUT2D eigenvalue weighted by Gasteiger charge is 2.34. The van der Waals surface area contributed by atoms with Crippen molar-refractivity contribution in [2.45, 2.75) is 39.1 Å². The number of hydrogen-bond acceptors (Lipinski definition) is 5. The molecule has 0 unspecified atom stereocenters. The molecule has 4 rings (SSSR count). The molecule has 6 nitrogen and oxygen atoms in total. The Morgan fingerprint density at radius 3 is 3.17 bits per heavy atom. The lowest BCUT2D eigenvalue weighted by atomic mass is 9.93. The zero-order valence-corrected chi connectivity index (χ0v) is 10.3. The van der Waals surface area contributed by atoms with Gasteiger partial charge in [0.1, 0.15) is 13.0 Å². The molecular formula is C12H13N5O. The molecule has 4 aliphatic heterocycles. The molecule has 18 heavy (non-hydrogen) atoms. The number of aromatic nitrogens is 3. The fourth-order valence-electron chi connectivity index (χ4n) is 2.61. The summed E-state index contributed by atoms with van der Waals surface area (Å²) >= 11 is 0. The van der Waals surface area contributed by atoms with Crippen LogP contribution in [0.3, 0.4) is 0 Å². The predicted octanol–water partition coefficient (Wildman–Crippen LogP) is 2.29. The number of azo groups is 1. The monoisotopic (exact) mass is 243 g/mol. The number of hydrogen-bond donors (Lipinski definition) is 0. The molecule has 4 aliphatic rings. The molecule has 0 spiro atoms. The van der Waals surface area contributed by atoms with Crippen LogP contribution in [0.25, 0.3) is 11.4 Å². The molecule has 0 aromatic heterocycles. The van der Waals surface area contributed by atoms with Gasteiger partial charge in [0.25, 0.3) is 0 Å². The van der Waals surface area contributed by atoms with Crippen molar-refractivity contribution in [3.63, 3.8) is 0 Å². The Morgan fingerprint density at radius 1 is 1.39 bits per heavy atom. The first-order valence-corrected chi connectivity index (χ1v) is 6.02. The van der Waals surface area contributed by atoms with E-state index in [4.69, 9.17) is 4.74 Å². The summed E-state index contributed by atoms with van der Waals surface area (Å²) in [5.74, 6) is 1.64. The Hall–Kier alpha value is -1.82. The van der Waals surface area contributed by atoms with Gasteiger partial charge >= 0.3 is 0 Å². The summed E-state index contributed by atoms with van der Waals surface area (Å²) in [5.41, 5.74) is 3.11. The van der Waals surface area contributed by atoms with E-state index in [1.807, 2.05) is 4.57 Å². The first-order chi connectivity index (χ1) is 8.64. The predicted molar refractivity (Wildman–Crippen MR) is 63.7 cm³/mol. The molecule has 6 heteroatoms. The van der Waals surface area contributed by atoms with Crippen molar-refractivity contribution in [1.82, 2.24) is 14.5 Å². The van der Waals surface area contributed by atoms with Gasteiger partial charge < -0.3 is 4.74 Å². The molecule has 0 saturated carbocycles. The van der Waals surface area contributed by atoms with Gasteiger partial charge in [-0.2, -0.15) is 5.11 Å². The molecule has 0 aromatic carbocycles. The topological polar surface area (TPSA) is 64.7 Å². The lowest BCUT2D eigenvalue weighted by Crippen LogP contribution is -2.31. The van der Waals surface area contributed by atoms with E-state index in [-0.39, 0.29) is 5.60 Å². The zero-order chi connectivity index (χ0) is 12.3. The van der Waals surface area contributed by atoms with Crippen LogP contribution in [0.15, 0.2) is 16.6 Å². The average Bonchev–Trinajstić information content (AvgIpc) is 2.89. The maximum atomic E-state index is 5.79. The smallest absolute Gasteiger partial charge is 0.169 e. The molecule has 0 bridgehead atoms. The molecule has 0 fully saturated rings. The Labute approximate surface area is 104 Å². The van der Waals surface area contributed by atoms with E-state index >= 15 is 0 Å². The lowest BCUT2D eigenvalue weighted by molar-refractivity contribution is -0.0411. The van der Waals surface area contributed by atoms with E-state index in [1.54, 1.807) is 6.33 Å². The molecule has 0 radical (unpaired) electrons. The summed E-state index contributed by atoms with van der Waals surface area (Å²) in [4.78, 5) is 8.93. The van der Waals surface area contributed by atoms with E-state index in [9.17, 15) is 0 Å². The Morgan fingerprint density at radius 2 is 2.28 bits per heavy atom. The van der Waals surface area contributed by atoms with Crippen LogP contribution in [0.5, 0.6) is 0 Å². The highest BCUT2D eigenvalue weighted by Crippen LogP contribution is 2.41. The molecule has 92 valence electrons. The third-order valence-corrected chi connectivity index (χ3v) is 3.51. The Balaban J connectivity index is 2.00. The van der Waals surface area contributed by atoms with Gasteiger partial charge in [0.05, 0.1) is 23.5 Å². The van der Waals surface area contributed by atoms with Crippen molar-refractivity contribution in [3.05, 3.63) is 17.6 Å². The number of nitrogens with zero attached hydrogens (tertiary/aromatic N) is 5. The van der Waals surface area contributed by atoms with E-state index < -0.39 is 0 Å². The Bertz CT molecular complexity index is 642. The van der Waals surface area contributed by atoms with Crippen molar-refractivity contribution >= 4 is 5.82 Å². The highest BCUT2D eigenvalue weighted by atomic mass is 16.5. The Kier molecular flexibility index (Phi) is 1.77. The number of ether oxygens (including phenoxy) is 1. The molecule has 0 N–H and O–H groups in total. The molecule has 4 heterocycles. The minimum atomic E-state index is -0.154. The van der Waals surface area contributed by atoms with Gasteiger partial charge in [-0.1, -0.05) is 0 Å². The van der Waals surface area contributed by atoms with Crippen LogP contribution in [0.2, 0.25) is 0 Å². The van der Waals surface area contributed by atoms with Gasteiger partial charge in [-0.05, 0) is 19.4 Å². The second kappa shape index (κ2) is 3.14. The molecule has 0 atom stereocenters. The van der Waals surface area contributed by atoms with E-state index in [0.29, 0.717) is 13.3 Å². The van der Waals surface area contributed by atoms with Crippen LogP contribution in [-0.4, -0.2) is 20.1 Å². The van der Waals surface area contributed by atoms with E-state index in [1.165, 1.54) is 5.56 Å². The summed E-state index contributed by atoms with van der Waals surface area (Å²) in [6.45, 7) is 5.30. The zero-order valence-electron chi connectivity index (χ0n) is 10.3. The van der Waals surface area contributed by atoms with Crippen LogP contribution in [0.4, 0.5) is 5.82 Å². The summed E-state index contributed by atoms with van der Waals surface area (Å²) in [5, 5.41) is 8.28. The van der Waals surface area contributed by atoms with Crippen LogP contribution in [0, 0.1) is 0 Å². The second-order valence-corrected chi connectivity index (χ2v) is 5.38. The van der Waals surface area contributed by atoms with Gasteiger partial charge in [-0.15, -0.1) is 5.11 Å². The summed E-state index contributed by atoms with van der Waals surface area (Å²) in [6, 6.07) is 0. The minimum Gasteiger partial charge on any atom is -0.369 e.